The van der Waals surface area contributed by atoms with E-state index in [1.165, 1.54) is 0 Å². The Labute approximate surface area is 84.5 Å². The zero-order valence-corrected chi connectivity index (χ0v) is 8.84. The Kier molecular flexibility index (Phi) is 3.30. The Morgan fingerprint density at radius 1 is 1.43 bits per heavy atom. The number of aryl methyl sites for hydroxylation is 1. The van der Waals surface area contributed by atoms with Crippen LogP contribution in [0, 0.1) is 0 Å². The molecular formula is C10H13NO2S. The van der Waals surface area contributed by atoms with Gasteiger partial charge in [0.05, 0.1) is 5.69 Å². The zero-order valence-electron chi connectivity index (χ0n) is 8.03. The van der Waals surface area contributed by atoms with Gasteiger partial charge in [0.2, 0.25) is 0 Å². The molecule has 0 aliphatic heterocycles. The normalized spacial score (nSPS) is 10.9. The highest BCUT2D eigenvalue weighted by Gasteiger charge is 2.06. The molecule has 4 heteroatoms. The molecule has 76 valence electrons. The van der Waals surface area contributed by atoms with Crippen molar-refractivity contribution in [2.75, 3.05) is 4.72 Å². The van der Waals surface area contributed by atoms with Crippen LogP contribution in [0.5, 0.6) is 0 Å². The molecule has 0 bridgehead atoms. The van der Waals surface area contributed by atoms with E-state index < -0.39 is 10.0 Å². The number of para-hydroxylation sites is 1. The van der Waals surface area contributed by atoms with E-state index in [0.29, 0.717) is 5.69 Å². The minimum absolute atomic E-state index is 0.620. The molecule has 0 saturated heterocycles. The number of anilines is 1. The van der Waals surface area contributed by atoms with Crippen LogP contribution in [-0.4, -0.2) is 8.42 Å². The average molecular weight is 211 g/mol. The van der Waals surface area contributed by atoms with Gasteiger partial charge in [0.25, 0.3) is 10.0 Å². The van der Waals surface area contributed by atoms with E-state index in [1.54, 1.807) is 12.1 Å². The zero-order chi connectivity index (χ0) is 10.6. The summed E-state index contributed by atoms with van der Waals surface area (Å²) in [7, 11) is -3.39. The van der Waals surface area contributed by atoms with Crippen molar-refractivity contribution in [2.45, 2.75) is 13.3 Å². The van der Waals surface area contributed by atoms with E-state index in [4.69, 9.17) is 0 Å². The maximum Gasteiger partial charge on any atom is 0.254 e. The van der Waals surface area contributed by atoms with Crippen LogP contribution in [0.4, 0.5) is 5.69 Å². The Morgan fingerprint density at radius 3 is 2.64 bits per heavy atom. The van der Waals surface area contributed by atoms with Crippen LogP contribution in [0.3, 0.4) is 0 Å². The molecule has 1 aromatic carbocycles. The van der Waals surface area contributed by atoms with Crippen LogP contribution in [0.1, 0.15) is 12.5 Å². The fraction of sp³-hybridized carbons (Fsp3) is 0.200. The summed E-state index contributed by atoms with van der Waals surface area (Å²) < 4.78 is 24.9. The first-order valence-corrected chi connectivity index (χ1v) is 5.87. The fourth-order valence-electron chi connectivity index (χ4n) is 1.12. The molecular weight excluding hydrogens is 198 g/mol. The standard InChI is InChI=1S/C10H13NO2S/c1-3-9-7-5-6-8-10(9)11-14(12,13)4-2/h4-8,11H,2-3H2,1H3. The van der Waals surface area contributed by atoms with Gasteiger partial charge >= 0.3 is 0 Å². The predicted octanol–water partition coefficient (Wildman–Crippen LogP) is 2.13. The van der Waals surface area contributed by atoms with E-state index >= 15 is 0 Å². The van der Waals surface area contributed by atoms with Crippen LogP contribution >= 0.6 is 0 Å². The van der Waals surface area contributed by atoms with E-state index in [2.05, 4.69) is 11.3 Å². The summed E-state index contributed by atoms with van der Waals surface area (Å²) in [5, 5.41) is 0.902. The molecule has 0 aliphatic carbocycles. The van der Waals surface area contributed by atoms with Crippen molar-refractivity contribution in [3.63, 3.8) is 0 Å². The fourth-order valence-corrected chi connectivity index (χ4v) is 1.71. The molecule has 0 unspecified atom stereocenters. The van der Waals surface area contributed by atoms with E-state index in [9.17, 15) is 8.42 Å². The molecule has 0 aromatic heterocycles. The highest BCUT2D eigenvalue weighted by Crippen LogP contribution is 2.16. The van der Waals surface area contributed by atoms with E-state index in [1.807, 2.05) is 19.1 Å². The minimum Gasteiger partial charge on any atom is -0.280 e. The van der Waals surface area contributed by atoms with Gasteiger partial charge in [-0.3, -0.25) is 4.72 Å². The van der Waals surface area contributed by atoms with Gasteiger partial charge in [-0.25, -0.2) is 8.42 Å². The smallest absolute Gasteiger partial charge is 0.254 e. The lowest BCUT2D eigenvalue weighted by atomic mass is 10.1. The molecule has 0 radical (unpaired) electrons. The van der Waals surface area contributed by atoms with Crippen molar-refractivity contribution in [2.24, 2.45) is 0 Å². The Hall–Kier alpha value is -1.29. The monoisotopic (exact) mass is 211 g/mol. The van der Waals surface area contributed by atoms with E-state index in [0.717, 1.165) is 17.4 Å². The number of rotatable bonds is 4. The van der Waals surface area contributed by atoms with Crippen LogP contribution in [0.25, 0.3) is 0 Å². The first-order chi connectivity index (χ1) is 6.59. The summed E-state index contributed by atoms with van der Waals surface area (Å²) in [6.45, 7) is 5.21. The van der Waals surface area contributed by atoms with Crippen molar-refractivity contribution in [1.82, 2.24) is 0 Å². The number of nitrogens with one attached hydrogen (secondary N) is 1. The van der Waals surface area contributed by atoms with Crippen molar-refractivity contribution in [3.8, 4) is 0 Å². The molecule has 1 aromatic rings. The first-order valence-electron chi connectivity index (χ1n) is 4.32. The van der Waals surface area contributed by atoms with Gasteiger partial charge in [-0.05, 0) is 18.1 Å². The van der Waals surface area contributed by atoms with Crippen molar-refractivity contribution in [3.05, 3.63) is 41.8 Å². The maximum atomic E-state index is 11.2. The molecule has 0 saturated carbocycles. The first kappa shape index (κ1) is 10.8. The third kappa shape index (κ3) is 2.60. The molecule has 0 fully saturated rings. The second kappa shape index (κ2) is 4.28. The quantitative estimate of drug-likeness (QED) is 0.829. The van der Waals surface area contributed by atoms with Gasteiger partial charge < -0.3 is 0 Å². The predicted molar refractivity (Wildman–Crippen MR) is 58.6 cm³/mol. The SMILES string of the molecule is C=CS(=O)(=O)Nc1ccccc1CC. The van der Waals surface area contributed by atoms with Crippen LogP contribution < -0.4 is 4.72 Å². The van der Waals surface area contributed by atoms with Gasteiger partial charge in [-0.2, -0.15) is 0 Å². The topological polar surface area (TPSA) is 46.2 Å². The summed E-state index contributed by atoms with van der Waals surface area (Å²) in [4.78, 5) is 0. The molecule has 0 amide bonds. The second-order valence-corrected chi connectivity index (χ2v) is 4.45. The molecule has 0 aliphatic rings. The van der Waals surface area contributed by atoms with Crippen LogP contribution in [-0.2, 0) is 16.4 Å². The van der Waals surface area contributed by atoms with E-state index in [-0.39, 0.29) is 0 Å². The largest absolute Gasteiger partial charge is 0.280 e. The number of benzene rings is 1. The molecule has 0 heterocycles. The molecule has 1 rings (SSSR count). The molecule has 3 nitrogen and oxygen atoms in total. The Morgan fingerprint density at radius 2 is 2.07 bits per heavy atom. The van der Waals surface area contributed by atoms with Crippen LogP contribution in [0.2, 0.25) is 0 Å². The summed E-state index contributed by atoms with van der Waals surface area (Å²) >= 11 is 0. The summed E-state index contributed by atoms with van der Waals surface area (Å²) in [5.74, 6) is 0. The third-order valence-electron chi connectivity index (χ3n) is 1.87. The Bertz CT molecular complexity index is 424. The highest BCUT2D eigenvalue weighted by atomic mass is 32.2. The average Bonchev–Trinajstić information content (AvgIpc) is 2.18. The van der Waals surface area contributed by atoms with Gasteiger partial charge in [-0.15, -0.1) is 0 Å². The maximum absolute atomic E-state index is 11.2. The number of hydrogen-bond donors (Lipinski definition) is 1. The van der Waals surface area contributed by atoms with Crippen molar-refractivity contribution in [1.29, 1.82) is 0 Å². The van der Waals surface area contributed by atoms with Gasteiger partial charge in [0.1, 0.15) is 0 Å². The van der Waals surface area contributed by atoms with Gasteiger partial charge in [0, 0.05) is 5.41 Å². The van der Waals surface area contributed by atoms with Crippen LogP contribution in [0.15, 0.2) is 36.3 Å². The molecule has 1 N–H and O–H groups in total. The van der Waals surface area contributed by atoms with Gasteiger partial charge in [-0.1, -0.05) is 31.7 Å². The number of sulfonamides is 1. The number of hydrogen-bond acceptors (Lipinski definition) is 2. The lowest BCUT2D eigenvalue weighted by molar-refractivity contribution is 0.609. The summed E-state index contributed by atoms with van der Waals surface area (Å²) in [6.07, 6.45) is 0.788. The highest BCUT2D eigenvalue weighted by molar-refractivity contribution is 7.95. The lowest BCUT2D eigenvalue weighted by Gasteiger charge is -2.08. The Balaban J connectivity index is 3.03. The third-order valence-corrected chi connectivity index (χ3v) is 2.81. The molecule has 0 spiro atoms. The summed E-state index contributed by atoms with van der Waals surface area (Å²) in [5.41, 5.74) is 1.59. The van der Waals surface area contributed by atoms with Gasteiger partial charge in [0.15, 0.2) is 0 Å². The molecule has 0 atom stereocenters. The van der Waals surface area contributed by atoms with Crippen molar-refractivity contribution < 1.29 is 8.42 Å². The van der Waals surface area contributed by atoms with Crippen molar-refractivity contribution >= 4 is 15.7 Å². The summed E-state index contributed by atoms with van der Waals surface area (Å²) in [6, 6.07) is 7.30. The lowest BCUT2D eigenvalue weighted by Crippen LogP contribution is -2.09. The minimum atomic E-state index is -3.39. The molecule has 14 heavy (non-hydrogen) atoms. The second-order valence-electron chi connectivity index (χ2n) is 2.82.